The lowest BCUT2D eigenvalue weighted by atomic mass is 10.1. The molecule has 0 saturated carbocycles. The molecule has 0 aromatic carbocycles. The zero-order valence-corrected chi connectivity index (χ0v) is 9.96. The molecule has 0 saturated heterocycles. The zero-order chi connectivity index (χ0) is 13.5. The average Bonchev–Trinajstić information content (AvgIpc) is 2.35. The lowest BCUT2D eigenvalue weighted by molar-refractivity contribution is -0.384. The number of aromatic nitrogens is 1. The van der Waals surface area contributed by atoms with Crippen molar-refractivity contribution in [1.82, 2.24) is 4.98 Å². The van der Waals surface area contributed by atoms with Crippen LogP contribution in [-0.4, -0.2) is 28.2 Å². The minimum atomic E-state index is -0.620. The number of aliphatic hydroxyl groups is 1. The Morgan fingerprint density at radius 1 is 1.72 bits per heavy atom. The van der Waals surface area contributed by atoms with Crippen LogP contribution in [0.25, 0.3) is 0 Å². The first-order valence-corrected chi connectivity index (χ1v) is 5.48. The van der Waals surface area contributed by atoms with Crippen LogP contribution in [0.15, 0.2) is 12.3 Å². The van der Waals surface area contributed by atoms with Crippen molar-refractivity contribution in [3.05, 3.63) is 27.9 Å². The van der Waals surface area contributed by atoms with Crippen LogP contribution in [-0.2, 0) is 0 Å². The largest absolute Gasteiger partial charge is 0.396 e. The third-order valence-electron chi connectivity index (χ3n) is 2.47. The molecule has 1 heterocycles. The molecule has 0 bridgehead atoms. The SMILES string of the molecule is CC(CCO)CNc1nccc(C#N)c1[N+](=O)[O-]. The van der Waals surface area contributed by atoms with Gasteiger partial charge in [0.25, 0.3) is 0 Å². The summed E-state index contributed by atoms with van der Waals surface area (Å²) in [5.41, 5.74) is -0.330. The van der Waals surface area contributed by atoms with E-state index in [1.807, 2.05) is 6.92 Å². The minimum absolute atomic E-state index is 0.0210. The molecule has 7 heteroatoms. The number of nitrogens with one attached hydrogen (secondary N) is 1. The fourth-order valence-corrected chi connectivity index (χ4v) is 1.45. The molecule has 0 amide bonds. The Bertz CT molecular complexity index is 470. The van der Waals surface area contributed by atoms with Gasteiger partial charge in [-0.3, -0.25) is 10.1 Å². The van der Waals surface area contributed by atoms with Crippen LogP contribution in [0.5, 0.6) is 0 Å². The maximum Gasteiger partial charge on any atom is 0.328 e. The molecular weight excluding hydrogens is 236 g/mol. The van der Waals surface area contributed by atoms with Gasteiger partial charge in [0.2, 0.25) is 5.82 Å². The van der Waals surface area contributed by atoms with E-state index in [0.717, 1.165) is 0 Å². The lowest BCUT2D eigenvalue weighted by Crippen LogP contribution is -2.14. The van der Waals surface area contributed by atoms with E-state index >= 15 is 0 Å². The summed E-state index contributed by atoms with van der Waals surface area (Å²) in [6.07, 6.45) is 1.95. The van der Waals surface area contributed by atoms with Crippen molar-refractivity contribution >= 4 is 11.5 Å². The van der Waals surface area contributed by atoms with E-state index in [4.69, 9.17) is 10.4 Å². The number of rotatable bonds is 6. The summed E-state index contributed by atoms with van der Waals surface area (Å²) in [6, 6.07) is 3.07. The Balaban J connectivity index is 2.89. The van der Waals surface area contributed by atoms with Gasteiger partial charge < -0.3 is 10.4 Å². The maximum absolute atomic E-state index is 10.9. The van der Waals surface area contributed by atoms with E-state index in [1.54, 1.807) is 6.07 Å². The minimum Gasteiger partial charge on any atom is -0.396 e. The van der Waals surface area contributed by atoms with Crippen LogP contribution >= 0.6 is 0 Å². The highest BCUT2D eigenvalue weighted by Crippen LogP contribution is 2.25. The summed E-state index contributed by atoms with van der Waals surface area (Å²) >= 11 is 0. The Labute approximate surface area is 104 Å². The molecule has 1 aromatic rings. The smallest absolute Gasteiger partial charge is 0.328 e. The highest BCUT2D eigenvalue weighted by molar-refractivity contribution is 5.63. The van der Waals surface area contributed by atoms with Gasteiger partial charge in [0.05, 0.1) is 4.92 Å². The van der Waals surface area contributed by atoms with Crippen LogP contribution in [0.2, 0.25) is 0 Å². The standard InChI is InChI=1S/C11H14N4O3/c1-8(3-5-16)7-14-11-10(15(17)18)9(6-12)2-4-13-11/h2,4,8,16H,3,5,7H2,1H3,(H,13,14). The maximum atomic E-state index is 10.9. The molecule has 18 heavy (non-hydrogen) atoms. The van der Waals surface area contributed by atoms with Crippen LogP contribution in [0.3, 0.4) is 0 Å². The molecule has 0 radical (unpaired) electrons. The number of hydrogen-bond donors (Lipinski definition) is 2. The fourth-order valence-electron chi connectivity index (χ4n) is 1.45. The molecule has 0 aliphatic carbocycles. The van der Waals surface area contributed by atoms with Crippen molar-refractivity contribution < 1.29 is 10.0 Å². The van der Waals surface area contributed by atoms with E-state index < -0.39 is 4.92 Å². The number of hydrogen-bond acceptors (Lipinski definition) is 6. The summed E-state index contributed by atoms with van der Waals surface area (Å²) < 4.78 is 0. The topological polar surface area (TPSA) is 112 Å². The average molecular weight is 250 g/mol. The van der Waals surface area contributed by atoms with Crippen LogP contribution in [0, 0.1) is 27.4 Å². The molecule has 96 valence electrons. The summed E-state index contributed by atoms with van der Waals surface area (Å²) in [4.78, 5) is 14.2. The van der Waals surface area contributed by atoms with E-state index in [0.29, 0.717) is 13.0 Å². The molecule has 1 aromatic heterocycles. The van der Waals surface area contributed by atoms with Gasteiger partial charge in [-0.15, -0.1) is 0 Å². The molecule has 0 spiro atoms. The highest BCUT2D eigenvalue weighted by Gasteiger charge is 2.21. The Morgan fingerprint density at radius 2 is 2.44 bits per heavy atom. The Hall–Kier alpha value is -2.20. The van der Waals surface area contributed by atoms with Gasteiger partial charge >= 0.3 is 5.69 Å². The van der Waals surface area contributed by atoms with Gasteiger partial charge in [0.15, 0.2) is 0 Å². The van der Waals surface area contributed by atoms with Gasteiger partial charge in [-0.1, -0.05) is 6.92 Å². The van der Waals surface area contributed by atoms with Gasteiger partial charge in [0, 0.05) is 19.3 Å². The summed E-state index contributed by atoms with van der Waals surface area (Å²) in [5, 5.41) is 31.3. The zero-order valence-electron chi connectivity index (χ0n) is 9.96. The van der Waals surface area contributed by atoms with Crippen molar-refractivity contribution in [3.8, 4) is 6.07 Å². The first-order valence-electron chi connectivity index (χ1n) is 5.48. The summed E-state index contributed by atoms with van der Waals surface area (Å²) in [7, 11) is 0. The predicted molar refractivity (Wildman–Crippen MR) is 65.0 cm³/mol. The van der Waals surface area contributed by atoms with Gasteiger partial charge in [-0.05, 0) is 18.4 Å². The predicted octanol–water partition coefficient (Wildman–Crippen LogP) is 1.29. The van der Waals surface area contributed by atoms with Crippen LogP contribution < -0.4 is 5.32 Å². The molecule has 0 fully saturated rings. The van der Waals surface area contributed by atoms with Crippen molar-refractivity contribution in [3.63, 3.8) is 0 Å². The molecule has 0 aliphatic heterocycles. The van der Waals surface area contributed by atoms with Crippen molar-refractivity contribution in [1.29, 1.82) is 5.26 Å². The van der Waals surface area contributed by atoms with Crippen molar-refractivity contribution in [2.45, 2.75) is 13.3 Å². The third-order valence-corrected chi connectivity index (χ3v) is 2.47. The number of anilines is 1. The molecule has 2 N–H and O–H groups in total. The number of nitro groups is 1. The Morgan fingerprint density at radius 3 is 3.00 bits per heavy atom. The van der Waals surface area contributed by atoms with E-state index in [-0.39, 0.29) is 29.6 Å². The lowest BCUT2D eigenvalue weighted by Gasteiger charge is -2.11. The van der Waals surface area contributed by atoms with Crippen LogP contribution in [0.1, 0.15) is 18.9 Å². The molecular formula is C11H14N4O3. The molecule has 1 rings (SSSR count). The summed E-state index contributed by atoms with van der Waals surface area (Å²) in [5.74, 6) is 0.242. The molecule has 7 nitrogen and oxygen atoms in total. The van der Waals surface area contributed by atoms with Crippen LogP contribution in [0.4, 0.5) is 11.5 Å². The normalized spacial score (nSPS) is 11.6. The van der Waals surface area contributed by atoms with Gasteiger partial charge in [0.1, 0.15) is 11.6 Å². The number of pyridine rings is 1. The molecule has 0 aliphatic rings. The highest BCUT2D eigenvalue weighted by atomic mass is 16.6. The van der Waals surface area contributed by atoms with Gasteiger partial charge in [-0.25, -0.2) is 4.98 Å². The summed E-state index contributed by atoms with van der Waals surface area (Å²) in [6.45, 7) is 2.42. The number of nitrogens with zero attached hydrogens (tertiary/aromatic N) is 3. The first kappa shape index (κ1) is 13.9. The number of nitriles is 1. The second-order valence-electron chi connectivity index (χ2n) is 3.92. The van der Waals surface area contributed by atoms with E-state index in [9.17, 15) is 10.1 Å². The second-order valence-corrected chi connectivity index (χ2v) is 3.92. The molecule has 1 unspecified atom stereocenters. The second kappa shape index (κ2) is 6.51. The Kier molecular flexibility index (Phi) is 5.02. The van der Waals surface area contributed by atoms with Crippen molar-refractivity contribution in [2.75, 3.05) is 18.5 Å². The van der Waals surface area contributed by atoms with E-state index in [2.05, 4.69) is 10.3 Å². The monoisotopic (exact) mass is 250 g/mol. The molecule has 1 atom stereocenters. The van der Waals surface area contributed by atoms with Crippen molar-refractivity contribution in [2.24, 2.45) is 5.92 Å². The fraction of sp³-hybridized carbons (Fsp3) is 0.455. The van der Waals surface area contributed by atoms with Gasteiger partial charge in [-0.2, -0.15) is 5.26 Å². The number of aliphatic hydroxyl groups excluding tert-OH is 1. The first-order chi connectivity index (χ1) is 8.60. The van der Waals surface area contributed by atoms with E-state index in [1.165, 1.54) is 12.3 Å². The third kappa shape index (κ3) is 3.40. The quantitative estimate of drug-likeness (QED) is 0.581.